The average Bonchev–Trinajstić information content (AvgIpc) is 3.23. The highest BCUT2D eigenvalue weighted by Crippen LogP contribution is 2.36. The van der Waals surface area contributed by atoms with E-state index in [0.29, 0.717) is 5.56 Å². The molecule has 0 aliphatic carbocycles. The summed E-state index contributed by atoms with van der Waals surface area (Å²) in [6, 6.07) is 9.74. The summed E-state index contributed by atoms with van der Waals surface area (Å²) in [5.74, 6) is 0.495. The Morgan fingerprint density at radius 1 is 1.13 bits per heavy atom. The van der Waals surface area contributed by atoms with Crippen LogP contribution in [0.25, 0.3) is 11.1 Å². The molecule has 1 fully saturated rings. The molecule has 0 saturated carbocycles. The monoisotopic (exact) mass is 413 g/mol. The van der Waals surface area contributed by atoms with Crippen molar-refractivity contribution in [2.75, 3.05) is 27.3 Å². The number of hydrogen-bond acceptors (Lipinski definition) is 4. The molecule has 0 radical (unpaired) electrons. The first-order chi connectivity index (χ1) is 14.6. The molecule has 0 spiro atoms. The van der Waals surface area contributed by atoms with Crippen LogP contribution in [0.2, 0.25) is 0 Å². The Morgan fingerprint density at radius 2 is 1.93 bits per heavy atom. The Labute approximate surface area is 174 Å². The van der Waals surface area contributed by atoms with Crippen LogP contribution in [-0.2, 0) is 6.54 Å². The SMILES string of the molecule is COc1ccc(CN2CCC[C@H](c3[nH]ncc3-c3c(F)cccc3F)C2)c(OC)c1. The molecule has 1 saturated heterocycles. The number of methoxy groups -OCH3 is 2. The molecule has 3 aromatic rings. The number of halogens is 2. The number of nitrogens with one attached hydrogen (secondary N) is 1. The Hall–Kier alpha value is -2.93. The Morgan fingerprint density at radius 3 is 2.67 bits per heavy atom. The minimum Gasteiger partial charge on any atom is -0.497 e. The van der Waals surface area contributed by atoms with E-state index >= 15 is 0 Å². The molecule has 5 nitrogen and oxygen atoms in total. The number of aromatic amines is 1. The third-order valence-electron chi connectivity index (χ3n) is 5.70. The van der Waals surface area contributed by atoms with Crippen molar-refractivity contribution in [2.45, 2.75) is 25.3 Å². The van der Waals surface area contributed by atoms with Crippen LogP contribution < -0.4 is 9.47 Å². The molecule has 2 aromatic carbocycles. The number of rotatable bonds is 6. The average molecular weight is 413 g/mol. The fourth-order valence-electron chi connectivity index (χ4n) is 4.22. The summed E-state index contributed by atoms with van der Waals surface area (Å²) in [6.45, 7) is 2.44. The molecule has 0 amide bonds. The van der Waals surface area contributed by atoms with Crippen LogP contribution in [0.4, 0.5) is 8.78 Å². The molecule has 0 unspecified atom stereocenters. The van der Waals surface area contributed by atoms with Crippen molar-refractivity contribution in [3.8, 4) is 22.6 Å². The minimum absolute atomic E-state index is 0.0183. The molecule has 30 heavy (non-hydrogen) atoms. The van der Waals surface area contributed by atoms with Gasteiger partial charge in [0.25, 0.3) is 0 Å². The van der Waals surface area contributed by atoms with Crippen molar-refractivity contribution in [3.63, 3.8) is 0 Å². The summed E-state index contributed by atoms with van der Waals surface area (Å²) >= 11 is 0. The lowest BCUT2D eigenvalue weighted by molar-refractivity contribution is 0.196. The molecule has 1 aromatic heterocycles. The van der Waals surface area contributed by atoms with E-state index in [1.807, 2.05) is 18.2 Å². The molecule has 0 bridgehead atoms. The highest BCUT2D eigenvalue weighted by Gasteiger charge is 2.27. The quantitative estimate of drug-likeness (QED) is 0.634. The van der Waals surface area contributed by atoms with E-state index < -0.39 is 11.6 Å². The first-order valence-electron chi connectivity index (χ1n) is 10.0. The van der Waals surface area contributed by atoms with Gasteiger partial charge in [-0.1, -0.05) is 12.1 Å². The van der Waals surface area contributed by atoms with Gasteiger partial charge in [0.1, 0.15) is 23.1 Å². The summed E-state index contributed by atoms with van der Waals surface area (Å²) in [7, 11) is 3.28. The third-order valence-corrected chi connectivity index (χ3v) is 5.70. The maximum Gasteiger partial charge on any atom is 0.134 e. The molecule has 1 atom stereocenters. The number of likely N-dealkylation sites (tertiary alicyclic amines) is 1. The topological polar surface area (TPSA) is 50.4 Å². The highest BCUT2D eigenvalue weighted by molar-refractivity contribution is 5.67. The maximum absolute atomic E-state index is 14.4. The molecule has 2 heterocycles. The number of hydrogen-bond donors (Lipinski definition) is 1. The van der Waals surface area contributed by atoms with Crippen LogP contribution in [0.15, 0.2) is 42.6 Å². The Kier molecular flexibility index (Phi) is 5.99. The molecule has 1 aliphatic rings. The second-order valence-electron chi connectivity index (χ2n) is 7.55. The minimum atomic E-state index is -0.576. The number of nitrogens with zero attached hydrogens (tertiary/aromatic N) is 2. The molecule has 4 rings (SSSR count). The van der Waals surface area contributed by atoms with Crippen molar-refractivity contribution < 1.29 is 18.3 Å². The second-order valence-corrected chi connectivity index (χ2v) is 7.55. The molecule has 7 heteroatoms. The largest absolute Gasteiger partial charge is 0.497 e. The van der Waals surface area contributed by atoms with Crippen LogP contribution in [0.5, 0.6) is 11.5 Å². The van der Waals surface area contributed by atoms with Crippen molar-refractivity contribution in [1.82, 2.24) is 15.1 Å². The van der Waals surface area contributed by atoms with Gasteiger partial charge in [0, 0.05) is 41.9 Å². The van der Waals surface area contributed by atoms with Gasteiger partial charge in [-0.2, -0.15) is 5.10 Å². The van der Waals surface area contributed by atoms with Crippen LogP contribution in [0.3, 0.4) is 0 Å². The fraction of sp³-hybridized carbons (Fsp3) is 0.348. The lowest BCUT2D eigenvalue weighted by Crippen LogP contribution is -2.34. The van der Waals surface area contributed by atoms with Crippen LogP contribution in [-0.4, -0.2) is 42.4 Å². The third kappa shape index (κ3) is 4.03. The van der Waals surface area contributed by atoms with E-state index in [0.717, 1.165) is 55.2 Å². The van der Waals surface area contributed by atoms with E-state index in [4.69, 9.17) is 9.47 Å². The molecule has 158 valence electrons. The Bertz CT molecular complexity index is 1000. The van der Waals surface area contributed by atoms with Crippen molar-refractivity contribution >= 4 is 0 Å². The van der Waals surface area contributed by atoms with E-state index in [1.165, 1.54) is 24.4 Å². The van der Waals surface area contributed by atoms with E-state index in [1.54, 1.807) is 14.2 Å². The van der Waals surface area contributed by atoms with E-state index in [9.17, 15) is 8.78 Å². The van der Waals surface area contributed by atoms with Gasteiger partial charge in [0.05, 0.1) is 26.0 Å². The van der Waals surface area contributed by atoms with Crippen LogP contribution >= 0.6 is 0 Å². The molecule has 1 N–H and O–H groups in total. The van der Waals surface area contributed by atoms with Gasteiger partial charge in [-0.3, -0.25) is 10.00 Å². The molecular formula is C23H25F2N3O2. The van der Waals surface area contributed by atoms with Gasteiger partial charge < -0.3 is 9.47 Å². The zero-order valence-electron chi connectivity index (χ0n) is 17.1. The van der Waals surface area contributed by atoms with Crippen molar-refractivity contribution in [3.05, 3.63) is 65.5 Å². The summed E-state index contributed by atoms with van der Waals surface area (Å²) in [5, 5.41) is 7.10. The lowest BCUT2D eigenvalue weighted by atomic mass is 9.90. The first kappa shape index (κ1) is 20.3. The van der Waals surface area contributed by atoms with Crippen molar-refractivity contribution in [2.24, 2.45) is 0 Å². The van der Waals surface area contributed by atoms with Crippen LogP contribution in [0.1, 0.15) is 30.0 Å². The highest BCUT2D eigenvalue weighted by atomic mass is 19.1. The van der Waals surface area contributed by atoms with Gasteiger partial charge in [0.2, 0.25) is 0 Å². The first-order valence-corrected chi connectivity index (χ1v) is 10.0. The zero-order chi connectivity index (χ0) is 21.1. The molecule has 1 aliphatic heterocycles. The van der Waals surface area contributed by atoms with Gasteiger partial charge in [0.15, 0.2) is 0 Å². The van der Waals surface area contributed by atoms with Crippen LogP contribution in [0, 0.1) is 11.6 Å². The predicted octanol–water partition coefficient (Wildman–Crippen LogP) is 4.75. The smallest absolute Gasteiger partial charge is 0.134 e. The number of aromatic nitrogens is 2. The van der Waals surface area contributed by atoms with Gasteiger partial charge >= 0.3 is 0 Å². The maximum atomic E-state index is 14.4. The lowest BCUT2D eigenvalue weighted by Gasteiger charge is -2.33. The molecular weight excluding hydrogens is 388 g/mol. The van der Waals surface area contributed by atoms with E-state index in [2.05, 4.69) is 15.1 Å². The number of benzene rings is 2. The van der Waals surface area contributed by atoms with Crippen molar-refractivity contribution in [1.29, 1.82) is 0 Å². The standard InChI is InChI=1S/C23H25F2N3O2/c1-29-17-9-8-15(21(11-17)30-2)13-28-10-4-5-16(14-28)23-18(12-26-27-23)22-19(24)6-3-7-20(22)25/h3,6-9,11-12,16H,4-5,10,13-14H2,1-2H3,(H,26,27)/t16-/m0/s1. The second kappa shape index (κ2) is 8.83. The van der Waals surface area contributed by atoms with Gasteiger partial charge in [-0.05, 0) is 37.6 Å². The Balaban J connectivity index is 1.56. The number of H-pyrrole nitrogens is 1. The van der Waals surface area contributed by atoms with Gasteiger partial charge in [-0.15, -0.1) is 0 Å². The summed E-state index contributed by atoms with van der Waals surface area (Å²) in [6.07, 6.45) is 3.44. The zero-order valence-corrected chi connectivity index (χ0v) is 17.1. The summed E-state index contributed by atoms with van der Waals surface area (Å²) in [5.41, 5.74) is 2.34. The number of piperidine rings is 1. The van der Waals surface area contributed by atoms with E-state index in [-0.39, 0.29) is 11.5 Å². The predicted molar refractivity (Wildman–Crippen MR) is 111 cm³/mol. The van der Waals surface area contributed by atoms with Gasteiger partial charge in [-0.25, -0.2) is 8.78 Å². The summed E-state index contributed by atoms with van der Waals surface area (Å²) < 4.78 is 39.5. The number of ether oxygens (including phenoxy) is 2. The fourth-order valence-corrected chi connectivity index (χ4v) is 4.22. The normalized spacial score (nSPS) is 17.1. The summed E-state index contributed by atoms with van der Waals surface area (Å²) in [4.78, 5) is 2.33.